The maximum absolute atomic E-state index is 12.8. The van der Waals surface area contributed by atoms with Crippen molar-refractivity contribution in [2.75, 3.05) is 0 Å². The Hall–Kier alpha value is -11.6. The number of pyridine rings is 4. The maximum atomic E-state index is 12.8. The van der Waals surface area contributed by atoms with E-state index >= 15 is 0 Å². The maximum Gasteiger partial charge on any atom is 0.134 e. The van der Waals surface area contributed by atoms with E-state index in [4.69, 9.17) is 29.9 Å². The molecule has 0 amide bonds. The quantitative estimate of drug-likeness (QED) is 0.106. The van der Waals surface area contributed by atoms with Gasteiger partial charge in [-0.3, -0.25) is 0 Å². The highest BCUT2D eigenvalue weighted by atomic mass is 16.3. The normalized spacial score (nSPS) is 13.1. The van der Waals surface area contributed by atoms with E-state index < -0.39 is 0 Å². The number of H-pyrrole nitrogens is 2. The van der Waals surface area contributed by atoms with E-state index in [0.717, 1.165) is 110 Å². The van der Waals surface area contributed by atoms with Crippen molar-refractivity contribution in [2.24, 2.45) is 0 Å². The average Bonchev–Trinajstić information content (AvgIpc) is 1.53. The van der Waals surface area contributed by atoms with Crippen LogP contribution in [-0.4, -0.2) is 55.2 Å². The summed E-state index contributed by atoms with van der Waals surface area (Å²) in [4.78, 5) is 40.4. The summed E-state index contributed by atoms with van der Waals surface area (Å²) < 4.78 is 0. The number of aryl methyl sites for hydroxylation is 1. The molecule has 24 bridgehead atoms. The highest BCUT2D eigenvalue weighted by Crippen LogP contribution is 2.45. The summed E-state index contributed by atoms with van der Waals surface area (Å²) in [6.45, 7) is 28.6. The number of nitrogens with one attached hydrogen (secondary N) is 2. The molecule has 5 N–H and O–H groups in total. The number of nitrogens with zero attached hydrogens (tertiary/aromatic N) is 6. The number of aromatic amines is 2. The third-order valence-corrected chi connectivity index (χ3v) is 20.6. The highest BCUT2D eigenvalue weighted by molar-refractivity contribution is 6.11. The van der Waals surface area contributed by atoms with Crippen LogP contribution >= 0.6 is 0 Å². The molecule has 0 unspecified atom stereocenters. The first-order valence-corrected chi connectivity index (χ1v) is 34.4. The van der Waals surface area contributed by atoms with Crippen LogP contribution in [0.3, 0.4) is 0 Å². The van der Waals surface area contributed by atoms with Crippen molar-refractivity contribution in [3.63, 3.8) is 0 Å². The van der Waals surface area contributed by atoms with E-state index in [-0.39, 0.29) is 38.9 Å². The number of benzene rings is 7. The van der Waals surface area contributed by atoms with E-state index in [2.05, 4.69) is 233 Å². The van der Waals surface area contributed by atoms with Gasteiger partial charge in [0.05, 0.1) is 66.9 Å². The van der Waals surface area contributed by atoms with Crippen molar-refractivity contribution in [1.29, 1.82) is 0 Å². The van der Waals surface area contributed by atoms with Crippen molar-refractivity contribution in [3.8, 4) is 39.5 Å². The van der Waals surface area contributed by atoms with Gasteiger partial charge in [0.15, 0.2) is 0 Å². The third kappa shape index (κ3) is 10.2. The Morgan fingerprint density at radius 1 is 0.270 bits per heavy atom. The molecule has 100 heavy (non-hydrogen) atoms. The van der Waals surface area contributed by atoms with Gasteiger partial charge >= 0.3 is 0 Å². The number of hydrogen-bond donors (Lipinski definition) is 5. The molecule has 17 rings (SSSR count). The Balaban J connectivity index is 0.960. The van der Waals surface area contributed by atoms with Gasteiger partial charge in [-0.2, -0.15) is 0 Å². The van der Waals surface area contributed by atoms with Gasteiger partial charge in [-0.1, -0.05) is 156 Å². The summed E-state index contributed by atoms with van der Waals surface area (Å²) in [7, 11) is 0. The number of fused-ring (bicyclic) bond motifs is 28. The topological polar surface area (TPSA) is 170 Å². The fourth-order valence-electron chi connectivity index (χ4n) is 14.6. The summed E-state index contributed by atoms with van der Waals surface area (Å²) in [6.07, 6.45) is 8.07. The molecule has 0 radical (unpaired) electrons. The summed E-state index contributed by atoms with van der Waals surface area (Å²) in [5.41, 5.74) is 19.1. The van der Waals surface area contributed by atoms with E-state index in [1.54, 1.807) is 0 Å². The molecular weight excluding hydrogens is 1230 g/mol. The lowest BCUT2D eigenvalue weighted by Crippen LogP contribution is -2.11. The highest BCUT2D eigenvalue weighted by Gasteiger charge is 2.26. The van der Waals surface area contributed by atoms with Crippen LogP contribution < -0.4 is 0 Å². The van der Waals surface area contributed by atoms with Gasteiger partial charge in [-0.15, -0.1) is 0 Å². The van der Waals surface area contributed by atoms with Crippen LogP contribution in [0, 0.1) is 6.92 Å². The lowest BCUT2D eigenvalue weighted by molar-refractivity contribution is 0.485. The Labute approximate surface area is 578 Å². The second kappa shape index (κ2) is 22.0. The lowest BCUT2D eigenvalue weighted by Gasteiger charge is -2.20. The number of aromatic hydroxyl groups is 3. The molecule has 0 atom stereocenters. The molecule has 0 aliphatic carbocycles. The molecule has 7 aromatic carbocycles. The largest absolute Gasteiger partial charge is 0.507 e. The summed E-state index contributed by atoms with van der Waals surface area (Å²) in [5.74, 6) is 0.260. The van der Waals surface area contributed by atoms with Crippen LogP contribution in [0.25, 0.3) is 177 Å². The van der Waals surface area contributed by atoms with E-state index in [1.807, 2.05) is 60.7 Å². The minimum absolute atomic E-state index is 0.0725. The summed E-state index contributed by atoms with van der Waals surface area (Å²) in [5, 5.41) is 47.7. The fourth-order valence-corrected chi connectivity index (χ4v) is 14.6. The first kappa shape index (κ1) is 62.0. The predicted octanol–water partition coefficient (Wildman–Crippen LogP) is 22.8. The zero-order valence-electron chi connectivity index (χ0n) is 58.5. The average molecular weight is 1310 g/mol. The number of rotatable bonds is 2. The second-order valence-corrected chi connectivity index (χ2v) is 31.5. The molecule has 0 spiro atoms. The summed E-state index contributed by atoms with van der Waals surface area (Å²) >= 11 is 0. The van der Waals surface area contributed by atoms with Crippen molar-refractivity contribution in [2.45, 2.75) is 112 Å². The van der Waals surface area contributed by atoms with Gasteiger partial charge in [0.2, 0.25) is 0 Å². The SMILES string of the molecule is Cc1c2cc(C(C)(C)C)cc1c1ccc([nH]1)c(-c1ccc(-c3c4nc(c5cc(C(C)(C)C)cc(c5O)c5ccc6ccc7ccc(nc7c6n5)c5cc(C(C)(C)C)cc(c5O)c5ccc3[nH]5)C=C4)cc1)c1nc(c3cc(C(C)(C)C)cc(c3O)c3ccc4ccc5ccc2nc5c4n3)C=C1. The summed E-state index contributed by atoms with van der Waals surface area (Å²) in [6, 6.07) is 58.6. The van der Waals surface area contributed by atoms with Crippen LogP contribution in [-0.2, 0) is 21.7 Å². The van der Waals surface area contributed by atoms with Gasteiger partial charge in [0.1, 0.15) is 17.2 Å². The molecule has 0 saturated heterocycles. The second-order valence-electron chi connectivity index (χ2n) is 31.5. The van der Waals surface area contributed by atoms with Crippen LogP contribution in [0.15, 0.2) is 170 Å². The molecule has 2 aliphatic rings. The van der Waals surface area contributed by atoms with Crippen LogP contribution in [0.5, 0.6) is 17.2 Å². The Morgan fingerprint density at radius 2 is 0.540 bits per heavy atom. The molecule has 2 aliphatic heterocycles. The van der Waals surface area contributed by atoms with Gasteiger partial charge in [0, 0.05) is 97.8 Å². The van der Waals surface area contributed by atoms with Crippen molar-refractivity contribution >= 4 is 155 Å². The number of aromatic nitrogens is 8. The predicted molar refractivity (Wildman–Crippen MR) is 418 cm³/mol. The minimum Gasteiger partial charge on any atom is -0.507 e. The fraction of sp³-hybridized carbons (Fsp3) is 0.191. The van der Waals surface area contributed by atoms with E-state index in [0.29, 0.717) is 88.2 Å². The first-order chi connectivity index (χ1) is 47.7. The number of hydrogen-bond acceptors (Lipinski definition) is 9. The van der Waals surface area contributed by atoms with Crippen LogP contribution in [0.1, 0.15) is 134 Å². The monoisotopic (exact) mass is 1300 g/mol. The molecule has 490 valence electrons. The van der Waals surface area contributed by atoms with Crippen molar-refractivity contribution < 1.29 is 15.3 Å². The zero-order chi connectivity index (χ0) is 69.4. The van der Waals surface area contributed by atoms with E-state index in [1.165, 1.54) is 5.56 Å². The van der Waals surface area contributed by atoms with Gasteiger partial charge in [-0.05, 0) is 189 Å². The smallest absolute Gasteiger partial charge is 0.134 e. The molecular formula is C89H76N8O3. The lowest BCUT2D eigenvalue weighted by atomic mass is 9.84. The molecule has 0 saturated carbocycles. The standard InChI is InChI=1S/C89H76N8O3/c1-46-57-38-53(86(2,3)4)39-58(46)66-26-22-49-18-19-50-23-27-70(95-80(50)79(49)94-66)62-43-54(87(5,6)7)40-59(83(62)98)67-31-35-74(91-67)77(73-34-30-65(57)90-73)47-14-16-48(17-15-47)78-75-36-32-68(92-75)60-41-55(88(8,9)10)44-63(84(60)99)71-28-24-51-20-21-52-25-29-72(97-82(52)81(51)96-71)64-45-56(89(11,12)13)42-61(85(64)100)69-33-37-76(78)93-69/h14-45,90,92,98-100H,1-13H3. The molecule has 11 heteroatoms. The minimum atomic E-state index is -0.317. The number of phenols is 3. The van der Waals surface area contributed by atoms with Gasteiger partial charge in [0.25, 0.3) is 0 Å². The van der Waals surface area contributed by atoms with Gasteiger partial charge in [-0.25, -0.2) is 29.9 Å². The van der Waals surface area contributed by atoms with Crippen LogP contribution in [0.2, 0.25) is 0 Å². The number of phenolic OH excluding ortho intramolecular Hbond substituents is 3. The van der Waals surface area contributed by atoms with Crippen molar-refractivity contribution in [3.05, 3.63) is 220 Å². The van der Waals surface area contributed by atoms with E-state index in [9.17, 15) is 15.3 Å². The van der Waals surface area contributed by atoms with Crippen LogP contribution in [0.4, 0.5) is 0 Å². The Bertz CT molecular complexity index is 6090. The molecule has 8 aromatic heterocycles. The molecule has 15 aromatic rings. The third-order valence-electron chi connectivity index (χ3n) is 20.6. The first-order valence-electron chi connectivity index (χ1n) is 34.4. The Kier molecular flexibility index (Phi) is 13.6. The molecule has 10 heterocycles. The van der Waals surface area contributed by atoms with Crippen molar-refractivity contribution in [1.82, 2.24) is 39.9 Å². The van der Waals surface area contributed by atoms with Gasteiger partial charge < -0.3 is 25.3 Å². The molecule has 0 fully saturated rings. The zero-order valence-corrected chi connectivity index (χ0v) is 58.5. The molecule has 11 nitrogen and oxygen atoms in total. The Morgan fingerprint density at radius 3 is 0.900 bits per heavy atom.